The second-order valence-corrected chi connectivity index (χ2v) is 6.82. The van der Waals surface area contributed by atoms with E-state index in [9.17, 15) is 18.4 Å². The molecule has 0 saturated carbocycles. The molecule has 6 nitrogen and oxygen atoms in total. The third kappa shape index (κ3) is 4.19. The number of alkyl halides is 3. The van der Waals surface area contributed by atoms with E-state index in [1.165, 1.54) is 18.5 Å². The maximum atomic E-state index is 13.7. The van der Waals surface area contributed by atoms with Crippen LogP contribution in [0.25, 0.3) is 22.3 Å². The second kappa shape index (κ2) is 8.07. The molecule has 0 unspecified atom stereocenters. The van der Waals surface area contributed by atoms with Gasteiger partial charge >= 0.3 is 6.18 Å². The first-order chi connectivity index (χ1) is 14.9. The lowest BCUT2D eigenvalue weighted by Crippen LogP contribution is -2.11. The van der Waals surface area contributed by atoms with Crippen molar-refractivity contribution in [3.8, 4) is 23.1 Å². The van der Waals surface area contributed by atoms with E-state index in [-0.39, 0.29) is 29.3 Å². The third-order valence-electron chi connectivity index (χ3n) is 4.74. The Balaban J connectivity index is 1.68. The highest BCUT2D eigenvalue weighted by atomic mass is 19.4. The SMILES string of the molecule is Cn1cnc2c(C#N)nc(-c3ccc(OCCc4ccccn4)c(C(F)(F)F)c3)cc21. The number of ether oxygens (including phenoxy) is 1. The van der Waals surface area contributed by atoms with Gasteiger partial charge in [0, 0.05) is 30.9 Å². The zero-order valence-corrected chi connectivity index (χ0v) is 16.4. The summed E-state index contributed by atoms with van der Waals surface area (Å²) in [5, 5.41) is 9.37. The van der Waals surface area contributed by atoms with Gasteiger partial charge in [-0.1, -0.05) is 6.07 Å². The lowest BCUT2D eigenvalue weighted by Gasteiger charge is -2.15. The van der Waals surface area contributed by atoms with Gasteiger partial charge in [0.1, 0.15) is 17.3 Å². The summed E-state index contributed by atoms with van der Waals surface area (Å²) in [6.07, 6.45) is -1.10. The maximum absolute atomic E-state index is 13.7. The molecule has 4 aromatic rings. The fourth-order valence-corrected chi connectivity index (χ4v) is 3.20. The van der Waals surface area contributed by atoms with Crippen LogP contribution in [-0.4, -0.2) is 26.1 Å². The minimum atomic E-state index is -4.62. The molecular weight excluding hydrogens is 407 g/mol. The normalized spacial score (nSPS) is 11.5. The van der Waals surface area contributed by atoms with E-state index in [0.29, 0.717) is 17.5 Å². The number of fused-ring (bicyclic) bond motifs is 1. The highest BCUT2D eigenvalue weighted by Gasteiger charge is 2.35. The smallest absolute Gasteiger partial charge is 0.419 e. The first-order valence-corrected chi connectivity index (χ1v) is 9.33. The standard InChI is InChI=1S/C22H16F3N5O/c1-30-13-28-21-18(12-26)29-17(11-19(21)30)14-5-6-20(16(10-14)22(23,24)25)31-9-7-15-4-2-3-8-27-15/h2-6,8,10-11,13H,7,9H2,1H3. The van der Waals surface area contributed by atoms with Gasteiger partial charge in [0.05, 0.1) is 29.7 Å². The van der Waals surface area contributed by atoms with Crippen molar-refractivity contribution in [3.63, 3.8) is 0 Å². The molecule has 0 radical (unpaired) electrons. The minimum Gasteiger partial charge on any atom is -0.493 e. The molecule has 3 aromatic heterocycles. The third-order valence-corrected chi connectivity index (χ3v) is 4.74. The lowest BCUT2D eigenvalue weighted by atomic mass is 10.1. The van der Waals surface area contributed by atoms with Gasteiger partial charge in [0.25, 0.3) is 0 Å². The number of aryl methyl sites for hydroxylation is 1. The average Bonchev–Trinajstić information content (AvgIpc) is 3.14. The van der Waals surface area contributed by atoms with Crippen molar-refractivity contribution < 1.29 is 17.9 Å². The van der Waals surface area contributed by atoms with E-state index in [4.69, 9.17) is 4.74 Å². The molecule has 0 aliphatic carbocycles. The molecule has 31 heavy (non-hydrogen) atoms. The van der Waals surface area contributed by atoms with Crippen LogP contribution in [0.4, 0.5) is 13.2 Å². The predicted octanol–water partition coefficient (Wildman–Crippen LogP) is 4.54. The van der Waals surface area contributed by atoms with E-state index >= 15 is 0 Å². The Morgan fingerprint density at radius 1 is 1.13 bits per heavy atom. The minimum absolute atomic E-state index is 0.0528. The number of rotatable bonds is 5. The monoisotopic (exact) mass is 423 g/mol. The number of pyridine rings is 2. The van der Waals surface area contributed by atoms with Crippen LogP contribution in [0.5, 0.6) is 5.75 Å². The molecule has 4 rings (SSSR count). The largest absolute Gasteiger partial charge is 0.493 e. The Bertz CT molecular complexity index is 1280. The fraction of sp³-hybridized carbons (Fsp3) is 0.182. The number of imidazole rings is 1. The van der Waals surface area contributed by atoms with Crippen molar-refractivity contribution in [1.82, 2.24) is 19.5 Å². The molecule has 156 valence electrons. The Hall–Kier alpha value is -3.93. The number of nitrogens with zero attached hydrogens (tertiary/aromatic N) is 5. The quantitative estimate of drug-likeness (QED) is 0.471. The van der Waals surface area contributed by atoms with Crippen LogP contribution in [0.3, 0.4) is 0 Å². The molecular formula is C22H16F3N5O. The van der Waals surface area contributed by atoms with Gasteiger partial charge in [-0.15, -0.1) is 0 Å². The number of hydrogen-bond acceptors (Lipinski definition) is 5. The van der Waals surface area contributed by atoms with E-state index < -0.39 is 11.7 Å². The average molecular weight is 423 g/mol. The molecule has 0 N–H and O–H groups in total. The Kier molecular flexibility index (Phi) is 5.29. The van der Waals surface area contributed by atoms with Crippen molar-refractivity contribution >= 4 is 11.0 Å². The molecule has 0 aliphatic rings. The number of nitriles is 1. The van der Waals surface area contributed by atoms with Crippen LogP contribution >= 0.6 is 0 Å². The van der Waals surface area contributed by atoms with E-state index in [2.05, 4.69) is 15.0 Å². The summed E-state index contributed by atoms with van der Waals surface area (Å²) in [7, 11) is 1.74. The summed E-state index contributed by atoms with van der Waals surface area (Å²) < 4.78 is 48.3. The summed E-state index contributed by atoms with van der Waals surface area (Å²) in [6, 6.07) is 12.7. The van der Waals surface area contributed by atoms with E-state index in [1.807, 2.05) is 6.07 Å². The summed E-state index contributed by atoms with van der Waals surface area (Å²) >= 11 is 0. The van der Waals surface area contributed by atoms with Crippen LogP contribution < -0.4 is 4.74 Å². The summed E-state index contributed by atoms with van der Waals surface area (Å²) in [5.74, 6) is -0.269. The molecule has 0 aliphatic heterocycles. The Morgan fingerprint density at radius 3 is 2.68 bits per heavy atom. The van der Waals surface area contributed by atoms with Gasteiger partial charge < -0.3 is 9.30 Å². The van der Waals surface area contributed by atoms with Gasteiger partial charge in [-0.05, 0) is 36.4 Å². The van der Waals surface area contributed by atoms with Gasteiger partial charge in [-0.3, -0.25) is 4.98 Å². The molecule has 0 amide bonds. The molecule has 0 fully saturated rings. The van der Waals surface area contributed by atoms with Crippen LogP contribution in [0.2, 0.25) is 0 Å². The van der Waals surface area contributed by atoms with Crippen LogP contribution in [0.15, 0.2) is 55.0 Å². The first-order valence-electron chi connectivity index (χ1n) is 9.33. The zero-order chi connectivity index (χ0) is 22.0. The molecule has 0 saturated heterocycles. The maximum Gasteiger partial charge on any atom is 0.419 e. The van der Waals surface area contributed by atoms with Crippen molar-refractivity contribution in [2.75, 3.05) is 6.61 Å². The zero-order valence-electron chi connectivity index (χ0n) is 16.4. The molecule has 3 heterocycles. The van der Waals surface area contributed by atoms with Crippen molar-refractivity contribution in [2.24, 2.45) is 7.05 Å². The lowest BCUT2D eigenvalue weighted by molar-refractivity contribution is -0.138. The van der Waals surface area contributed by atoms with Crippen LogP contribution in [0, 0.1) is 11.3 Å². The number of hydrogen-bond donors (Lipinski definition) is 0. The van der Waals surface area contributed by atoms with Gasteiger partial charge in [-0.25, -0.2) is 9.97 Å². The van der Waals surface area contributed by atoms with E-state index in [0.717, 1.165) is 11.8 Å². The molecule has 0 spiro atoms. The highest BCUT2D eigenvalue weighted by molar-refractivity contribution is 5.84. The van der Waals surface area contributed by atoms with Gasteiger partial charge in [-0.2, -0.15) is 18.4 Å². The molecule has 0 bridgehead atoms. The summed E-state index contributed by atoms with van der Waals surface area (Å²) in [4.78, 5) is 12.5. The highest BCUT2D eigenvalue weighted by Crippen LogP contribution is 2.39. The Morgan fingerprint density at radius 2 is 1.97 bits per heavy atom. The molecule has 9 heteroatoms. The summed E-state index contributed by atoms with van der Waals surface area (Å²) in [6.45, 7) is 0.0528. The molecule has 0 atom stereocenters. The van der Waals surface area contributed by atoms with Crippen LogP contribution in [0.1, 0.15) is 17.0 Å². The number of benzene rings is 1. The number of halogens is 3. The topological polar surface area (TPSA) is 76.6 Å². The predicted molar refractivity (Wildman–Crippen MR) is 107 cm³/mol. The van der Waals surface area contributed by atoms with Crippen molar-refractivity contribution in [1.29, 1.82) is 5.26 Å². The van der Waals surface area contributed by atoms with E-state index in [1.54, 1.807) is 42.1 Å². The second-order valence-electron chi connectivity index (χ2n) is 6.82. The first kappa shape index (κ1) is 20.3. The fourth-order valence-electron chi connectivity index (χ4n) is 3.20. The van der Waals surface area contributed by atoms with Crippen molar-refractivity contribution in [2.45, 2.75) is 12.6 Å². The summed E-state index contributed by atoms with van der Waals surface area (Å²) in [5.41, 5.74) is 1.35. The Labute approximate surface area is 175 Å². The van der Waals surface area contributed by atoms with Crippen LogP contribution in [-0.2, 0) is 19.6 Å². The van der Waals surface area contributed by atoms with Gasteiger partial charge in [0.2, 0.25) is 0 Å². The van der Waals surface area contributed by atoms with Crippen molar-refractivity contribution in [3.05, 3.63) is 71.9 Å². The molecule has 1 aromatic carbocycles. The number of aromatic nitrogens is 4. The van der Waals surface area contributed by atoms with Gasteiger partial charge in [0.15, 0.2) is 5.69 Å².